The van der Waals surface area contributed by atoms with Gasteiger partial charge in [0.1, 0.15) is 0 Å². The molecule has 0 spiro atoms. The lowest BCUT2D eigenvalue weighted by Crippen LogP contribution is -2.39. The molecule has 2 heteroatoms. The van der Waals surface area contributed by atoms with Crippen molar-refractivity contribution in [3.05, 3.63) is 34.9 Å². The summed E-state index contributed by atoms with van der Waals surface area (Å²) in [7, 11) is 3.76. The zero-order valence-electron chi connectivity index (χ0n) is 9.67. The Morgan fingerprint density at radius 3 is 2.73 bits per heavy atom. The molecule has 0 amide bonds. The lowest BCUT2D eigenvalue weighted by molar-refractivity contribution is 0.335. The van der Waals surface area contributed by atoms with E-state index in [1.807, 2.05) is 0 Å². The predicted octanol–water partition coefficient (Wildman–Crippen LogP) is 3.03. The molecule has 0 unspecified atom stereocenters. The topological polar surface area (TPSA) is 3.24 Å². The molecule has 0 N–H and O–H groups in total. The van der Waals surface area contributed by atoms with E-state index in [4.69, 9.17) is 0 Å². The second kappa shape index (κ2) is 4.08. The van der Waals surface area contributed by atoms with Crippen molar-refractivity contribution in [2.75, 3.05) is 0 Å². The van der Waals surface area contributed by atoms with E-state index >= 15 is 0 Å². The van der Waals surface area contributed by atoms with Gasteiger partial charge in [-0.3, -0.25) is 4.90 Å². The molecule has 1 aromatic carbocycles. The Morgan fingerprint density at radius 1 is 1.33 bits per heavy atom. The van der Waals surface area contributed by atoms with Crippen molar-refractivity contribution in [1.82, 2.24) is 4.90 Å². The van der Waals surface area contributed by atoms with E-state index in [0.717, 1.165) is 13.0 Å². The molecule has 0 atom stereocenters. The van der Waals surface area contributed by atoms with Gasteiger partial charge in [0.2, 0.25) is 0 Å². The maximum atomic E-state index is 3.76. The normalized spacial score (nSPS) is 16.9. The van der Waals surface area contributed by atoms with Crippen LogP contribution in [0.25, 0.3) is 0 Å². The fourth-order valence-electron chi connectivity index (χ4n) is 2.21. The van der Waals surface area contributed by atoms with E-state index in [1.165, 1.54) is 22.1 Å². The van der Waals surface area contributed by atoms with Gasteiger partial charge in [0.25, 0.3) is 0 Å². The molecule has 1 aliphatic heterocycles. The van der Waals surface area contributed by atoms with Crippen LogP contribution in [0, 0.1) is 6.92 Å². The maximum absolute atomic E-state index is 3.76. The molecule has 1 nitrogen and oxygen atoms in total. The van der Waals surface area contributed by atoms with Crippen LogP contribution in [-0.4, -0.2) is 16.4 Å². The van der Waals surface area contributed by atoms with Crippen LogP contribution in [0.2, 0.25) is 0 Å². The second-order valence-electron chi connectivity index (χ2n) is 4.56. The molecule has 80 valence electrons. The monoisotopic (exact) mass is 219 g/mol. The molecule has 15 heavy (non-hydrogen) atoms. The molecule has 0 aliphatic carbocycles. The van der Waals surface area contributed by atoms with Gasteiger partial charge < -0.3 is 0 Å². The van der Waals surface area contributed by atoms with E-state index in [2.05, 4.69) is 52.7 Å². The first-order valence-corrected chi connectivity index (χ1v) is 6.01. The van der Waals surface area contributed by atoms with Crippen LogP contribution in [0.1, 0.15) is 30.5 Å². The Morgan fingerprint density at radius 2 is 2.07 bits per heavy atom. The summed E-state index contributed by atoms with van der Waals surface area (Å²) in [6.45, 7) is 7.71. The fourth-order valence-corrected chi connectivity index (χ4v) is 2.72. The van der Waals surface area contributed by atoms with Gasteiger partial charge in [0, 0.05) is 24.4 Å². The first-order chi connectivity index (χ1) is 7.09. The number of hydrogen-bond acceptors (Lipinski definition) is 0. The zero-order chi connectivity index (χ0) is 11.0. The smallest absolute Gasteiger partial charge is 0.0287 e. The third kappa shape index (κ3) is 2.00. The van der Waals surface area contributed by atoms with E-state index in [0.29, 0.717) is 6.04 Å². The quantitative estimate of drug-likeness (QED) is 0.656. The largest absolute Gasteiger partial charge is 0.268 e. The first-order valence-electron chi connectivity index (χ1n) is 5.51. The van der Waals surface area contributed by atoms with Crippen LogP contribution in [0.5, 0.6) is 0 Å². The van der Waals surface area contributed by atoms with Crippen molar-refractivity contribution in [1.29, 1.82) is 0 Å². The van der Waals surface area contributed by atoms with Gasteiger partial charge in [0.05, 0.1) is 0 Å². The lowest BCUT2D eigenvalue weighted by Gasteiger charge is -2.34. The average molecular weight is 219 g/mol. The van der Waals surface area contributed by atoms with Gasteiger partial charge in [-0.25, -0.2) is 0 Å². The molecule has 0 aromatic heterocycles. The Bertz CT molecular complexity index is 396. The summed E-state index contributed by atoms with van der Waals surface area (Å²) in [5.74, 6) is 0. The van der Waals surface area contributed by atoms with Crippen molar-refractivity contribution in [2.45, 2.75) is 39.8 Å². The van der Waals surface area contributed by atoms with Gasteiger partial charge in [-0.05, 0) is 37.5 Å². The summed E-state index contributed by atoms with van der Waals surface area (Å²) in [5.41, 5.74) is 5.70. The number of fused-ring (bicyclic) bond motifs is 1. The third-order valence-corrected chi connectivity index (χ3v) is 3.63. The predicted molar refractivity (Wildman–Crippen MR) is 68.9 cm³/mol. The van der Waals surface area contributed by atoms with E-state index < -0.39 is 0 Å². The summed E-state index contributed by atoms with van der Waals surface area (Å²) in [5, 5.41) is 0. The SMILES string of the molecule is Cc1cccc2c1CC(=P)N(C(C)C)C2. The molecule has 0 saturated heterocycles. The molecule has 1 aliphatic rings. The third-order valence-electron chi connectivity index (χ3n) is 3.16. The molecule has 0 radical (unpaired) electrons. The van der Waals surface area contributed by atoms with Crippen LogP contribution in [0.15, 0.2) is 18.2 Å². The highest BCUT2D eigenvalue weighted by Gasteiger charge is 2.22. The minimum Gasteiger partial charge on any atom is -0.268 e. The molecule has 0 bridgehead atoms. The molecular weight excluding hydrogens is 201 g/mol. The minimum atomic E-state index is 0.561. The number of benzene rings is 1. The average Bonchev–Trinajstić information content (AvgIpc) is 2.18. The highest BCUT2D eigenvalue weighted by molar-refractivity contribution is 7.20. The van der Waals surface area contributed by atoms with E-state index in [1.54, 1.807) is 0 Å². The second-order valence-corrected chi connectivity index (χ2v) is 5.13. The summed E-state index contributed by atoms with van der Waals surface area (Å²) in [6.07, 6.45) is 1.04. The fraction of sp³-hybridized carbons (Fsp3) is 0.462. The Hall–Kier alpha value is -0.650. The van der Waals surface area contributed by atoms with Crippen molar-refractivity contribution in [3.63, 3.8) is 0 Å². The van der Waals surface area contributed by atoms with E-state index in [9.17, 15) is 0 Å². The van der Waals surface area contributed by atoms with Crippen LogP contribution in [-0.2, 0) is 13.0 Å². The summed E-state index contributed by atoms with van der Waals surface area (Å²) >= 11 is 0. The highest BCUT2D eigenvalue weighted by atomic mass is 31.0. The van der Waals surface area contributed by atoms with Gasteiger partial charge >= 0.3 is 0 Å². The number of nitrogens with zero attached hydrogens (tertiary/aromatic N) is 1. The van der Waals surface area contributed by atoms with Crippen LogP contribution in [0.3, 0.4) is 0 Å². The molecular formula is C13H18NP. The number of rotatable bonds is 1. The van der Waals surface area contributed by atoms with Crippen molar-refractivity contribution >= 4 is 14.3 Å². The maximum Gasteiger partial charge on any atom is 0.0287 e. The first kappa shape index (κ1) is 10.9. The van der Waals surface area contributed by atoms with Crippen molar-refractivity contribution in [2.24, 2.45) is 0 Å². The van der Waals surface area contributed by atoms with Crippen molar-refractivity contribution < 1.29 is 0 Å². The van der Waals surface area contributed by atoms with Crippen molar-refractivity contribution in [3.8, 4) is 0 Å². The minimum absolute atomic E-state index is 0.561. The van der Waals surface area contributed by atoms with Crippen LogP contribution >= 0.6 is 8.86 Å². The zero-order valence-corrected chi connectivity index (χ0v) is 10.7. The highest BCUT2D eigenvalue weighted by Crippen LogP contribution is 2.25. The number of hydrogen-bond donors (Lipinski definition) is 0. The van der Waals surface area contributed by atoms with Crippen LogP contribution in [0.4, 0.5) is 0 Å². The standard InChI is InChI=1S/C13H18NP/c1-9(2)14-8-11-6-4-5-10(3)12(11)7-13(14)15/h4-6,9,15H,7-8H2,1-3H3. The Labute approximate surface area is 94.3 Å². The Balaban J connectivity index is 2.38. The molecule has 1 aromatic rings. The molecule has 1 heterocycles. The molecule has 0 fully saturated rings. The van der Waals surface area contributed by atoms with E-state index in [-0.39, 0.29) is 0 Å². The molecule has 0 saturated carbocycles. The van der Waals surface area contributed by atoms with Gasteiger partial charge in [0.15, 0.2) is 0 Å². The molecule has 2 rings (SSSR count). The van der Waals surface area contributed by atoms with Gasteiger partial charge in [-0.1, -0.05) is 18.2 Å². The summed E-state index contributed by atoms with van der Waals surface area (Å²) < 4.78 is 0. The number of aryl methyl sites for hydroxylation is 1. The van der Waals surface area contributed by atoms with Crippen LogP contribution < -0.4 is 0 Å². The van der Waals surface area contributed by atoms with Gasteiger partial charge in [-0.2, -0.15) is 0 Å². The summed E-state index contributed by atoms with van der Waals surface area (Å²) in [6, 6.07) is 7.16. The lowest BCUT2D eigenvalue weighted by atomic mass is 9.94. The van der Waals surface area contributed by atoms with Gasteiger partial charge in [-0.15, -0.1) is 8.86 Å². The Kier molecular flexibility index (Phi) is 2.95. The summed E-state index contributed by atoms with van der Waals surface area (Å²) in [4.78, 5) is 2.42.